The molecule has 0 spiro atoms. The molecule has 106 valence electrons. The van der Waals surface area contributed by atoms with Crippen LogP contribution in [0, 0.1) is 0 Å². The molecule has 1 aromatic rings. The number of rotatable bonds is 5. The number of nitrogens with one attached hydrogen (secondary N) is 1. The third kappa shape index (κ3) is 3.10. The Morgan fingerprint density at radius 2 is 2.26 bits per heavy atom. The number of hydrogen-bond donors (Lipinski definition) is 2. The molecule has 1 fully saturated rings. The Bertz CT molecular complexity index is 442. The summed E-state index contributed by atoms with van der Waals surface area (Å²) in [5, 5.41) is 12.8. The molecule has 1 aliphatic heterocycles. The fraction of sp³-hybridized carbons (Fsp3) is 0.643. The van der Waals surface area contributed by atoms with Crippen LogP contribution in [-0.4, -0.2) is 40.3 Å². The van der Waals surface area contributed by atoms with E-state index >= 15 is 0 Å². The summed E-state index contributed by atoms with van der Waals surface area (Å²) in [6, 6.07) is 2.26. The van der Waals surface area contributed by atoms with Gasteiger partial charge in [0.25, 0.3) is 0 Å². The first kappa shape index (κ1) is 13.9. The first-order valence-corrected chi connectivity index (χ1v) is 6.85. The Labute approximate surface area is 114 Å². The van der Waals surface area contributed by atoms with Crippen LogP contribution >= 0.6 is 0 Å². The van der Waals surface area contributed by atoms with Gasteiger partial charge in [-0.05, 0) is 18.9 Å². The van der Waals surface area contributed by atoms with Crippen molar-refractivity contribution in [2.45, 2.75) is 44.8 Å². The summed E-state index contributed by atoms with van der Waals surface area (Å²) in [6.45, 7) is 5.04. The zero-order chi connectivity index (χ0) is 14.0. The number of aromatic nitrogens is 1. The lowest BCUT2D eigenvalue weighted by atomic mass is 10.2. The monoisotopic (exact) mass is 265 g/mol. The van der Waals surface area contributed by atoms with Crippen molar-refractivity contribution in [2.75, 3.05) is 11.4 Å². The van der Waals surface area contributed by atoms with E-state index < -0.39 is 12.0 Å². The molecule has 2 atom stereocenters. The number of carbonyl (C=O) groups is 1. The average molecular weight is 265 g/mol. The van der Waals surface area contributed by atoms with Gasteiger partial charge in [0.05, 0.1) is 5.69 Å². The van der Waals surface area contributed by atoms with Gasteiger partial charge >= 0.3 is 5.97 Å². The maximum atomic E-state index is 11.4. The molecular formula is C14H23N3O2. The first-order valence-electron chi connectivity index (χ1n) is 6.85. The van der Waals surface area contributed by atoms with Crippen LogP contribution in [-0.2, 0) is 11.8 Å². The van der Waals surface area contributed by atoms with Gasteiger partial charge in [-0.2, -0.15) is 0 Å². The summed E-state index contributed by atoms with van der Waals surface area (Å²) in [5.41, 5.74) is 1.00. The highest BCUT2D eigenvalue weighted by molar-refractivity contribution is 5.79. The van der Waals surface area contributed by atoms with Crippen LogP contribution in [0.3, 0.4) is 0 Å². The van der Waals surface area contributed by atoms with E-state index in [4.69, 9.17) is 0 Å². The van der Waals surface area contributed by atoms with Crippen molar-refractivity contribution >= 4 is 11.7 Å². The van der Waals surface area contributed by atoms with Crippen molar-refractivity contribution in [1.29, 1.82) is 0 Å². The molecule has 1 aromatic heterocycles. The van der Waals surface area contributed by atoms with Crippen molar-refractivity contribution in [2.24, 2.45) is 7.05 Å². The average Bonchev–Trinajstić information content (AvgIpc) is 2.91. The number of carboxylic acid groups (broad SMARTS) is 1. The van der Waals surface area contributed by atoms with Crippen molar-refractivity contribution in [3.63, 3.8) is 0 Å². The summed E-state index contributed by atoms with van der Waals surface area (Å²) >= 11 is 0. The molecule has 5 heteroatoms. The van der Waals surface area contributed by atoms with Gasteiger partial charge in [0.1, 0.15) is 6.04 Å². The molecule has 0 saturated carbocycles. The van der Waals surface area contributed by atoms with Gasteiger partial charge in [0.2, 0.25) is 0 Å². The van der Waals surface area contributed by atoms with Crippen LogP contribution in [0.15, 0.2) is 18.5 Å². The third-order valence-corrected chi connectivity index (χ3v) is 3.66. The minimum absolute atomic E-state index is 0.255. The van der Waals surface area contributed by atoms with Gasteiger partial charge in [-0.3, -0.25) is 0 Å². The van der Waals surface area contributed by atoms with E-state index in [2.05, 4.69) is 24.1 Å². The molecule has 1 aliphatic rings. The first-order chi connectivity index (χ1) is 8.99. The van der Waals surface area contributed by atoms with E-state index in [-0.39, 0.29) is 6.04 Å². The van der Waals surface area contributed by atoms with Crippen LogP contribution in [0.25, 0.3) is 0 Å². The molecule has 2 heterocycles. The molecule has 5 nitrogen and oxygen atoms in total. The molecule has 0 amide bonds. The molecule has 0 bridgehead atoms. The molecule has 0 aliphatic carbocycles. The Kier molecular flexibility index (Phi) is 4.14. The zero-order valence-electron chi connectivity index (χ0n) is 11.8. The predicted octanol–water partition coefficient (Wildman–Crippen LogP) is 1.45. The van der Waals surface area contributed by atoms with Crippen LogP contribution in [0.5, 0.6) is 0 Å². The second kappa shape index (κ2) is 5.65. The lowest BCUT2D eigenvalue weighted by Crippen LogP contribution is -2.46. The van der Waals surface area contributed by atoms with Crippen molar-refractivity contribution in [3.8, 4) is 0 Å². The van der Waals surface area contributed by atoms with E-state index in [0.29, 0.717) is 12.5 Å². The standard InChI is InChI=1S/C14H23N3O2/c1-10(2)15-8-11-4-5-13(14(18)19)17(11)12-6-7-16(3)9-12/h6-7,9-11,13,15H,4-5,8H2,1-3H3,(H,18,19)/t11-,13-/m0/s1. The number of nitrogens with zero attached hydrogens (tertiary/aromatic N) is 2. The van der Waals surface area contributed by atoms with Crippen molar-refractivity contribution < 1.29 is 9.90 Å². The summed E-state index contributed by atoms with van der Waals surface area (Å²) in [4.78, 5) is 13.5. The quantitative estimate of drug-likeness (QED) is 0.846. The molecule has 2 rings (SSSR count). The molecule has 2 N–H and O–H groups in total. The predicted molar refractivity (Wildman–Crippen MR) is 75.5 cm³/mol. The molecule has 19 heavy (non-hydrogen) atoms. The number of aryl methyl sites for hydroxylation is 1. The van der Waals surface area contributed by atoms with E-state index in [1.54, 1.807) is 0 Å². The minimum Gasteiger partial charge on any atom is -0.480 e. The van der Waals surface area contributed by atoms with Crippen LogP contribution in [0.2, 0.25) is 0 Å². The highest BCUT2D eigenvalue weighted by Gasteiger charge is 2.38. The zero-order valence-corrected chi connectivity index (χ0v) is 11.8. The fourth-order valence-electron chi connectivity index (χ4n) is 2.73. The Morgan fingerprint density at radius 1 is 1.53 bits per heavy atom. The number of carboxylic acids is 1. The van der Waals surface area contributed by atoms with Gasteiger partial charge in [0.15, 0.2) is 0 Å². The number of anilines is 1. The second-order valence-electron chi connectivity index (χ2n) is 5.59. The van der Waals surface area contributed by atoms with E-state index in [0.717, 1.165) is 18.7 Å². The van der Waals surface area contributed by atoms with Crippen molar-refractivity contribution in [1.82, 2.24) is 9.88 Å². The van der Waals surface area contributed by atoms with Gasteiger partial charge < -0.3 is 19.9 Å². The Morgan fingerprint density at radius 3 is 2.79 bits per heavy atom. The summed E-state index contributed by atoms with van der Waals surface area (Å²) in [5.74, 6) is -0.726. The number of aliphatic carboxylic acids is 1. The fourth-order valence-corrected chi connectivity index (χ4v) is 2.73. The molecule has 0 radical (unpaired) electrons. The smallest absolute Gasteiger partial charge is 0.326 e. The van der Waals surface area contributed by atoms with Gasteiger partial charge in [-0.15, -0.1) is 0 Å². The molecule has 0 unspecified atom stereocenters. The van der Waals surface area contributed by atoms with Crippen molar-refractivity contribution in [3.05, 3.63) is 18.5 Å². The van der Waals surface area contributed by atoms with E-state index in [1.165, 1.54) is 0 Å². The number of hydrogen-bond acceptors (Lipinski definition) is 3. The van der Waals surface area contributed by atoms with Gasteiger partial charge in [-0.25, -0.2) is 4.79 Å². The Hall–Kier alpha value is -1.49. The lowest BCUT2D eigenvalue weighted by molar-refractivity contribution is -0.138. The van der Waals surface area contributed by atoms with E-state index in [1.807, 2.05) is 30.1 Å². The normalized spacial score (nSPS) is 23.3. The lowest BCUT2D eigenvalue weighted by Gasteiger charge is -2.30. The summed E-state index contributed by atoms with van der Waals surface area (Å²) < 4.78 is 1.96. The molecule has 1 saturated heterocycles. The maximum Gasteiger partial charge on any atom is 0.326 e. The minimum atomic E-state index is -0.726. The second-order valence-corrected chi connectivity index (χ2v) is 5.59. The molecular weight excluding hydrogens is 242 g/mol. The highest BCUT2D eigenvalue weighted by Crippen LogP contribution is 2.30. The SMILES string of the molecule is CC(C)NC[C@@H]1CC[C@@H](C(=O)O)N1c1ccn(C)c1. The Balaban J connectivity index is 2.17. The van der Waals surface area contributed by atoms with Gasteiger partial charge in [0, 0.05) is 38.1 Å². The third-order valence-electron chi connectivity index (χ3n) is 3.66. The maximum absolute atomic E-state index is 11.4. The molecule has 0 aromatic carbocycles. The summed E-state index contributed by atoms with van der Waals surface area (Å²) in [7, 11) is 1.96. The topological polar surface area (TPSA) is 57.5 Å². The van der Waals surface area contributed by atoms with Crippen LogP contribution in [0.1, 0.15) is 26.7 Å². The van der Waals surface area contributed by atoms with E-state index in [9.17, 15) is 9.90 Å². The largest absolute Gasteiger partial charge is 0.480 e. The van der Waals surface area contributed by atoms with Crippen LogP contribution in [0.4, 0.5) is 5.69 Å². The van der Waals surface area contributed by atoms with Gasteiger partial charge in [-0.1, -0.05) is 13.8 Å². The van der Waals surface area contributed by atoms with Crippen LogP contribution < -0.4 is 10.2 Å². The highest BCUT2D eigenvalue weighted by atomic mass is 16.4. The summed E-state index contributed by atoms with van der Waals surface area (Å²) in [6.07, 6.45) is 5.59.